The van der Waals surface area contributed by atoms with E-state index in [1.807, 2.05) is 26.8 Å². The topological polar surface area (TPSA) is 102 Å². The average Bonchev–Trinajstić information content (AvgIpc) is 2.69. The molecule has 0 saturated carbocycles. The van der Waals surface area contributed by atoms with Crippen LogP contribution in [0.4, 0.5) is 17.2 Å². The second kappa shape index (κ2) is 8.40. The second-order valence-corrected chi connectivity index (χ2v) is 7.08. The van der Waals surface area contributed by atoms with Crippen LogP contribution >= 0.6 is 11.6 Å². The van der Waals surface area contributed by atoms with Crippen molar-refractivity contribution in [2.75, 3.05) is 5.32 Å². The number of aryl methyl sites for hydroxylation is 1. The number of non-ortho nitro benzene ring substituents is 1. The Balaban J connectivity index is 2.13. The van der Waals surface area contributed by atoms with Gasteiger partial charge in [-0.25, -0.2) is 4.98 Å². The fraction of sp³-hybridized carbons (Fsp3) is 0.250. The number of nitrogens with one attached hydrogen (secondary N) is 1. The number of aromatic nitrogens is 2. The van der Waals surface area contributed by atoms with E-state index in [2.05, 4.69) is 15.3 Å². The summed E-state index contributed by atoms with van der Waals surface area (Å²) in [5.41, 5.74) is 1.64. The van der Waals surface area contributed by atoms with Gasteiger partial charge >= 0.3 is 0 Å². The van der Waals surface area contributed by atoms with Crippen LogP contribution in [-0.2, 0) is 0 Å². The number of nitrogens with zero attached hydrogens (tertiary/aromatic N) is 4. The van der Waals surface area contributed by atoms with Gasteiger partial charge in [0, 0.05) is 30.6 Å². The Morgan fingerprint density at radius 1 is 1.41 bits per heavy atom. The van der Waals surface area contributed by atoms with Gasteiger partial charge in [-0.1, -0.05) is 24.6 Å². The van der Waals surface area contributed by atoms with Crippen molar-refractivity contribution in [1.29, 1.82) is 0 Å². The van der Waals surface area contributed by atoms with Crippen LogP contribution in [0.25, 0.3) is 5.65 Å². The number of aliphatic imine (C=N–C) groups is 1. The van der Waals surface area contributed by atoms with Crippen LogP contribution in [0.3, 0.4) is 0 Å². The third kappa shape index (κ3) is 4.27. The number of hydrogen-bond acceptors (Lipinski definition) is 6. The molecular weight excluding hydrogens is 394 g/mol. The van der Waals surface area contributed by atoms with Crippen LogP contribution in [-0.4, -0.2) is 26.6 Å². The molecule has 1 atom stereocenters. The predicted molar refractivity (Wildman–Crippen MR) is 115 cm³/mol. The molecule has 0 aliphatic heterocycles. The summed E-state index contributed by atoms with van der Waals surface area (Å²) in [6.45, 7) is 5.91. The first-order chi connectivity index (χ1) is 13.8. The predicted octanol–water partition coefficient (Wildman–Crippen LogP) is 4.53. The number of halogens is 1. The number of pyridine rings is 1. The lowest BCUT2D eigenvalue weighted by molar-refractivity contribution is -0.384. The maximum absolute atomic E-state index is 13.1. The number of hydrogen-bond donors (Lipinski definition) is 1. The summed E-state index contributed by atoms with van der Waals surface area (Å²) in [4.78, 5) is 32.3. The van der Waals surface area contributed by atoms with Gasteiger partial charge in [0.2, 0.25) is 0 Å². The van der Waals surface area contributed by atoms with E-state index in [1.165, 1.54) is 28.8 Å². The largest absolute Gasteiger partial charge is 0.367 e. The summed E-state index contributed by atoms with van der Waals surface area (Å²) < 4.78 is 1.47. The van der Waals surface area contributed by atoms with Crippen molar-refractivity contribution in [2.24, 2.45) is 4.99 Å². The Kier molecular flexibility index (Phi) is 5.93. The van der Waals surface area contributed by atoms with Crippen molar-refractivity contribution < 1.29 is 4.92 Å². The van der Waals surface area contributed by atoms with Crippen LogP contribution in [0.2, 0.25) is 5.02 Å². The van der Waals surface area contributed by atoms with Gasteiger partial charge in [-0.15, -0.1) is 0 Å². The summed E-state index contributed by atoms with van der Waals surface area (Å²) in [5.74, 6) is 0.431. The standard InChI is InChI=1S/C20H20ClN5O3/c1-4-13(3)23-18-15(20(27)25-9-5-6-12(2)19(25)24-18)11-22-17-8-7-14(26(28)29)10-16(17)21/h5-11,13,23H,4H2,1-3H3. The first kappa shape index (κ1) is 20.5. The lowest BCUT2D eigenvalue weighted by Gasteiger charge is -2.15. The van der Waals surface area contributed by atoms with Crippen LogP contribution < -0.4 is 10.9 Å². The number of nitro benzene ring substituents is 1. The molecule has 1 N–H and O–H groups in total. The van der Waals surface area contributed by atoms with Crippen molar-refractivity contribution in [3.05, 3.63) is 73.1 Å². The van der Waals surface area contributed by atoms with E-state index in [4.69, 9.17) is 11.6 Å². The molecule has 9 heteroatoms. The molecule has 2 heterocycles. The highest BCUT2D eigenvalue weighted by Crippen LogP contribution is 2.29. The average molecular weight is 414 g/mol. The van der Waals surface area contributed by atoms with Crippen LogP contribution in [0, 0.1) is 17.0 Å². The Morgan fingerprint density at radius 3 is 2.83 bits per heavy atom. The molecule has 0 aliphatic rings. The quantitative estimate of drug-likeness (QED) is 0.363. The molecule has 0 saturated heterocycles. The molecule has 3 rings (SSSR count). The van der Waals surface area contributed by atoms with Gasteiger partial charge in [-0.05, 0) is 38.0 Å². The fourth-order valence-electron chi connectivity index (χ4n) is 2.72. The molecule has 2 aromatic heterocycles. The van der Waals surface area contributed by atoms with Crippen LogP contribution in [0.15, 0.2) is 46.3 Å². The lowest BCUT2D eigenvalue weighted by atomic mass is 10.2. The molecule has 3 aromatic rings. The Labute approximate surface area is 172 Å². The van der Waals surface area contributed by atoms with E-state index >= 15 is 0 Å². The smallest absolute Gasteiger partial charge is 0.271 e. The lowest BCUT2D eigenvalue weighted by Crippen LogP contribution is -2.25. The molecule has 150 valence electrons. The third-order valence-electron chi connectivity index (χ3n) is 4.55. The Hall–Kier alpha value is -3.26. The summed E-state index contributed by atoms with van der Waals surface area (Å²) in [6.07, 6.45) is 3.89. The zero-order valence-corrected chi connectivity index (χ0v) is 17.0. The molecule has 8 nitrogen and oxygen atoms in total. The second-order valence-electron chi connectivity index (χ2n) is 6.67. The molecule has 0 fully saturated rings. The zero-order chi connectivity index (χ0) is 21.1. The number of fused-ring (bicyclic) bond motifs is 1. The number of nitro groups is 1. The minimum absolute atomic E-state index is 0.100. The van der Waals surface area contributed by atoms with Gasteiger partial charge in [-0.2, -0.15) is 0 Å². The van der Waals surface area contributed by atoms with Crippen molar-refractivity contribution in [2.45, 2.75) is 33.2 Å². The maximum atomic E-state index is 13.1. The highest BCUT2D eigenvalue weighted by molar-refractivity contribution is 6.33. The SMILES string of the molecule is CCC(C)Nc1nc2c(C)cccn2c(=O)c1C=Nc1ccc([N+](=O)[O-])cc1Cl. The number of benzene rings is 1. The van der Waals surface area contributed by atoms with Gasteiger partial charge in [0.1, 0.15) is 17.0 Å². The molecular formula is C20H20ClN5O3. The molecule has 0 aliphatic carbocycles. The Bertz CT molecular complexity index is 1170. The zero-order valence-electron chi connectivity index (χ0n) is 16.2. The van der Waals surface area contributed by atoms with Crippen molar-refractivity contribution in [3.63, 3.8) is 0 Å². The minimum atomic E-state index is -0.532. The van der Waals surface area contributed by atoms with Gasteiger partial charge in [0.15, 0.2) is 0 Å². The molecule has 0 radical (unpaired) electrons. The van der Waals surface area contributed by atoms with E-state index in [0.717, 1.165) is 12.0 Å². The first-order valence-corrected chi connectivity index (χ1v) is 9.46. The molecule has 1 unspecified atom stereocenters. The molecule has 29 heavy (non-hydrogen) atoms. The summed E-state index contributed by atoms with van der Waals surface area (Å²) in [7, 11) is 0. The highest BCUT2D eigenvalue weighted by Gasteiger charge is 2.15. The van der Waals surface area contributed by atoms with Gasteiger partial charge in [0.25, 0.3) is 11.2 Å². The minimum Gasteiger partial charge on any atom is -0.367 e. The summed E-state index contributed by atoms with van der Waals surface area (Å²) in [6, 6.07) is 7.74. The van der Waals surface area contributed by atoms with E-state index < -0.39 is 4.92 Å². The molecule has 0 bridgehead atoms. The van der Waals surface area contributed by atoms with E-state index in [-0.39, 0.29) is 27.9 Å². The number of rotatable bonds is 6. The first-order valence-electron chi connectivity index (χ1n) is 9.08. The molecule has 0 spiro atoms. The summed E-state index contributed by atoms with van der Waals surface area (Å²) in [5, 5.41) is 14.2. The highest BCUT2D eigenvalue weighted by atomic mass is 35.5. The van der Waals surface area contributed by atoms with Crippen molar-refractivity contribution in [1.82, 2.24) is 9.38 Å². The molecule has 0 amide bonds. The van der Waals surface area contributed by atoms with Gasteiger partial charge in [-0.3, -0.25) is 24.3 Å². The van der Waals surface area contributed by atoms with Crippen molar-refractivity contribution in [3.8, 4) is 0 Å². The van der Waals surface area contributed by atoms with Gasteiger partial charge in [0.05, 0.1) is 15.6 Å². The third-order valence-corrected chi connectivity index (χ3v) is 4.86. The van der Waals surface area contributed by atoms with E-state index in [0.29, 0.717) is 17.2 Å². The maximum Gasteiger partial charge on any atom is 0.271 e. The molecule has 1 aromatic carbocycles. The van der Waals surface area contributed by atoms with Gasteiger partial charge < -0.3 is 5.32 Å². The van der Waals surface area contributed by atoms with Crippen molar-refractivity contribution >= 4 is 40.7 Å². The van der Waals surface area contributed by atoms with E-state index in [9.17, 15) is 14.9 Å². The summed E-state index contributed by atoms with van der Waals surface area (Å²) >= 11 is 6.11. The fourth-order valence-corrected chi connectivity index (χ4v) is 2.95. The van der Waals surface area contributed by atoms with E-state index in [1.54, 1.807) is 12.3 Å². The normalized spacial score (nSPS) is 12.4. The Morgan fingerprint density at radius 2 is 2.17 bits per heavy atom. The number of anilines is 1. The monoisotopic (exact) mass is 413 g/mol. The van der Waals surface area contributed by atoms with Crippen LogP contribution in [0.5, 0.6) is 0 Å². The van der Waals surface area contributed by atoms with Crippen LogP contribution in [0.1, 0.15) is 31.4 Å².